The van der Waals surface area contributed by atoms with Crippen LogP contribution < -0.4 is 5.44 Å². The number of aromatic nitrogens is 2. The second kappa shape index (κ2) is 2.95. The van der Waals surface area contributed by atoms with Gasteiger partial charge in [0.25, 0.3) is 0 Å². The molecule has 1 heterocycles. The van der Waals surface area contributed by atoms with Crippen molar-refractivity contribution < 1.29 is 4.57 Å². The third-order valence-electron chi connectivity index (χ3n) is 0.784. The van der Waals surface area contributed by atoms with Gasteiger partial charge < -0.3 is 0 Å². The van der Waals surface area contributed by atoms with Crippen molar-refractivity contribution in [2.75, 3.05) is 0 Å². The topological polar surface area (TPSA) is 42.9 Å². The van der Waals surface area contributed by atoms with Gasteiger partial charge >= 0.3 is 12.9 Å². The summed E-state index contributed by atoms with van der Waals surface area (Å²) in [6.07, 6.45) is 1.55. The SMILES string of the molecule is O=[P+](P)c1cccnn1. The molecule has 0 bridgehead atoms. The smallest absolute Gasteiger partial charge is 0.155 e. The van der Waals surface area contributed by atoms with Crippen LogP contribution in [0, 0.1) is 0 Å². The molecule has 0 amide bonds. The van der Waals surface area contributed by atoms with Gasteiger partial charge in [-0.15, -0.1) is 5.10 Å². The molecular formula is C4H5N2OP2+. The van der Waals surface area contributed by atoms with E-state index >= 15 is 0 Å². The second-order valence-electron chi connectivity index (χ2n) is 1.41. The summed E-state index contributed by atoms with van der Waals surface area (Å²) >= 11 is 0. The minimum atomic E-state index is -1.40. The van der Waals surface area contributed by atoms with E-state index in [0.717, 1.165) is 0 Å². The Morgan fingerprint density at radius 1 is 1.67 bits per heavy atom. The maximum absolute atomic E-state index is 10.7. The van der Waals surface area contributed by atoms with Gasteiger partial charge in [-0.1, -0.05) is 4.57 Å². The van der Waals surface area contributed by atoms with Crippen molar-refractivity contribution in [1.82, 2.24) is 10.2 Å². The quantitative estimate of drug-likeness (QED) is 0.567. The third-order valence-corrected chi connectivity index (χ3v) is 2.27. The zero-order valence-corrected chi connectivity index (χ0v) is 6.61. The summed E-state index contributed by atoms with van der Waals surface area (Å²) in [6, 6.07) is 3.39. The lowest BCUT2D eigenvalue weighted by Gasteiger charge is -1.76. The molecule has 46 valence electrons. The Labute approximate surface area is 55.8 Å². The van der Waals surface area contributed by atoms with Crippen molar-refractivity contribution in [2.24, 2.45) is 0 Å². The standard InChI is InChI=1S/C4H5N2OP2/c7-9(8)4-2-1-3-5-6-4/h1-3H,8H2/q+1. The molecule has 0 saturated carbocycles. The Kier molecular flexibility index (Phi) is 2.21. The van der Waals surface area contributed by atoms with Crippen LogP contribution in [0.15, 0.2) is 18.3 Å². The van der Waals surface area contributed by atoms with Crippen molar-refractivity contribution >= 4 is 21.9 Å². The molecule has 0 radical (unpaired) electrons. The Hall–Kier alpha value is -0.390. The van der Waals surface area contributed by atoms with E-state index in [1.807, 2.05) is 0 Å². The second-order valence-corrected chi connectivity index (χ2v) is 3.92. The molecule has 0 aliphatic heterocycles. The molecular weight excluding hydrogens is 154 g/mol. The highest BCUT2D eigenvalue weighted by atomic mass is 32.0. The van der Waals surface area contributed by atoms with E-state index in [2.05, 4.69) is 19.1 Å². The monoisotopic (exact) mass is 159 g/mol. The van der Waals surface area contributed by atoms with Crippen molar-refractivity contribution in [1.29, 1.82) is 0 Å². The van der Waals surface area contributed by atoms with Gasteiger partial charge in [0.05, 0.1) is 0 Å². The van der Waals surface area contributed by atoms with Crippen molar-refractivity contribution in [3.63, 3.8) is 0 Å². The van der Waals surface area contributed by atoms with E-state index in [1.54, 1.807) is 18.3 Å². The molecule has 0 spiro atoms. The Morgan fingerprint density at radius 2 is 2.44 bits per heavy atom. The number of rotatable bonds is 1. The molecule has 2 unspecified atom stereocenters. The molecule has 1 rings (SSSR count). The predicted octanol–water partition coefficient (Wildman–Crippen LogP) is 0.719. The van der Waals surface area contributed by atoms with E-state index in [4.69, 9.17) is 0 Å². The van der Waals surface area contributed by atoms with Crippen LogP contribution in [0.2, 0.25) is 0 Å². The van der Waals surface area contributed by atoms with Crippen molar-refractivity contribution in [3.8, 4) is 0 Å². The third kappa shape index (κ3) is 1.78. The predicted molar refractivity (Wildman–Crippen MR) is 39.0 cm³/mol. The summed E-state index contributed by atoms with van der Waals surface area (Å²) in [5.41, 5.74) is 0.525. The van der Waals surface area contributed by atoms with Crippen LogP contribution in [0.25, 0.3) is 0 Å². The first-order chi connectivity index (χ1) is 4.30. The first-order valence-corrected chi connectivity index (χ1v) is 5.18. The van der Waals surface area contributed by atoms with Crippen LogP contribution >= 0.6 is 16.4 Å². The minimum absolute atomic E-state index is 0.525. The van der Waals surface area contributed by atoms with Gasteiger partial charge in [0.1, 0.15) is 8.93 Å². The van der Waals surface area contributed by atoms with Crippen molar-refractivity contribution in [3.05, 3.63) is 18.3 Å². The molecule has 2 atom stereocenters. The van der Waals surface area contributed by atoms with E-state index in [1.165, 1.54) is 0 Å². The van der Waals surface area contributed by atoms with Gasteiger partial charge in [0.2, 0.25) is 0 Å². The fraction of sp³-hybridized carbons (Fsp3) is 0. The fourth-order valence-electron chi connectivity index (χ4n) is 0.411. The van der Waals surface area contributed by atoms with E-state index < -0.39 is 7.49 Å². The first-order valence-electron chi connectivity index (χ1n) is 2.30. The molecule has 1 aromatic heterocycles. The average Bonchev–Trinajstić information content (AvgIpc) is 1.90. The molecule has 0 aromatic carbocycles. The zero-order chi connectivity index (χ0) is 6.69. The number of nitrogens with zero attached hydrogens (tertiary/aromatic N) is 2. The largest absolute Gasteiger partial charge is 0.408 e. The summed E-state index contributed by atoms with van der Waals surface area (Å²) in [5, 5.41) is 7.18. The molecule has 0 aliphatic rings. The van der Waals surface area contributed by atoms with Crippen LogP contribution in [-0.4, -0.2) is 10.2 Å². The maximum Gasteiger partial charge on any atom is 0.408 e. The highest BCUT2D eigenvalue weighted by molar-refractivity contribution is 8.10. The first kappa shape index (κ1) is 6.73. The Morgan fingerprint density at radius 3 is 2.78 bits per heavy atom. The molecule has 0 fully saturated rings. The number of hydrogen-bond donors (Lipinski definition) is 0. The number of hydrogen-bond acceptors (Lipinski definition) is 3. The molecule has 3 nitrogen and oxygen atoms in total. The maximum atomic E-state index is 10.7. The van der Waals surface area contributed by atoms with Gasteiger partial charge in [-0.2, -0.15) is 5.10 Å². The van der Waals surface area contributed by atoms with Gasteiger partial charge in [-0.05, 0) is 6.07 Å². The Bertz CT molecular complexity index is 213. The molecule has 0 N–H and O–H groups in total. The molecule has 9 heavy (non-hydrogen) atoms. The van der Waals surface area contributed by atoms with Crippen molar-refractivity contribution in [2.45, 2.75) is 0 Å². The summed E-state index contributed by atoms with van der Waals surface area (Å²) in [4.78, 5) is 0. The lowest BCUT2D eigenvalue weighted by Crippen LogP contribution is -2.00. The van der Waals surface area contributed by atoms with Gasteiger partial charge in [-0.3, -0.25) is 0 Å². The van der Waals surface area contributed by atoms with Crippen LogP contribution in [-0.2, 0) is 4.57 Å². The summed E-state index contributed by atoms with van der Waals surface area (Å²) < 4.78 is 10.7. The minimum Gasteiger partial charge on any atom is -0.155 e. The summed E-state index contributed by atoms with van der Waals surface area (Å²) in [5.74, 6) is 0. The molecule has 0 aliphatic carbocycles. The van der Waals surface area contributed by atoms with Crippen LogP contribution in [0.5, 0.6) is 0 Å². The van der Waals surface area contributed by atoms with Gasteiger partial charge in [0.15, 0.2) is 0 Å². The van der Waals surface area contributed by atoms with Gasteiger partial charge in [0, 0.05) is 12.3 Å². The van der Waals surface area contributed by atoms with Crippen LogP contribution in [0.4, 0.5) is 0 Å². The highest BCUT2D eigenvalue weighted by Gasteiger charge is 2.11. The lowest BCUT2D eigenvalue weighted by atomic mass is 10.6. The summed E-state index contributed by atoms with van der Waals surface area (Å²) in [7, 11) is 0.776. The lowest BCUT2D eigenvalue weighted by molar-refractivity contribution is 0.600. The fourth-order valence-corrected chi connectivity index (χ4v) is 1.20. The zero-order valence-electron chi connectivity index (χ0n) is 4.56. The molecule has 0 saturated heterocycles. The molecule has 5 heteroatoms. The Balaban J connectivity index is 2.98. The normalized spacial score (nSPS) is 11.0. The average molecular weight is 159 g/mol. The van der Waals surface area contributed by atoms with E-state index in [-0.39, 0.29) is 0 Å². The van der Waals surface area contributed by atoms with E-state index in [0.29, 0.717) is 5.44 Å². The van der Waals surface area contributed by atoms with Gasteiger partial charge in [-0.25, -0.2) is 0 Å². The summed E-state index contributed by atoms with van der Waals surface area (Å²) in [6.45, 7) is 0. The highest BCUT2D eigenvalue weighted by Crippen LogP contribution is 2.26. The van der Waals surface area contributed by atoms with E-state index in [9.17, 15) is 4.57 Å². The van der Waals surface area contributed by atoms with Crippen LogP contribution in [0.1, 0.15) is 0 Å². The molecule has 1 aromatic rings. The van der Waals surface area contributed by atoms with Crippen LogP contribution in [0.3, 0.4) is 0 Å².